The van der Waals surface area contributed by atoms with Crippen LogP contribution in [0.3, 0.4) is 0 Å². The first kappa shape index (κ1) is 19.5. The lowest BCUT2D eigenvalue weighted by Gasteiger charge is -2.10. The summed E-state index contributed by atoms with van der Waals surface area (Å²) < 4.78 is 10.7. The SMILES string of the molecule is COc1ccc(/C=N\Nc2ccc([N+](=O)[O-])cn2)cc1OC(=O)c1ccccc1. The molecule has 0 bridgehead atoms. The Morgan fingerprint density at radius 3 is 2.59 bits per heavy atom. The van der Waals surface area contributed by atoms with E-state index in [1.807, 2.05) is 0 Å². The maximum absolute atomic E-state index is 12.3. The van der Waals surface area contributed by atoms with Crippen LogP contribution in [0.2, 0.25) is 0 Å². The maximum Gasteiger partial charge on any atom is 0.343 e. The fourth-order valence-electron chi connectivity index (χ4n) is 2.32. The van der Waals surface area contributed by atoms with E-state index in [-0.39, 0.29) is 11.4 Å². The quantitative estimate of drug-likeness (QED) is 0.214. The zero-order valence-electron chi connectivity index (χ0n) is 15.3. The van der Waals surface area contributed by atoms with Gasteiger partial charge in [0, 0.05) is 6.07 Å². The zero-order valence-corrected chi connectivity index (χ0v) is 15.3. The first-order valence-electron chi connectivity index (χ1n) is 8.41. The van der Waals surface area contributed by atoms with Crippen molar-refractivity contribution in [1.29, 1.82) is 0 Å². The van der Waals surface area contributed by atoms with E-state index in [1.165, 1.54) is 25.5 Å². The number of carbonyl (C=O) groups is 1. The fourth-order valence-corrected chi connectivity index (χ4v) is 2.32. The number of nitro groups is 1. The van der Waals surface area contributed by atoms with Crippen molar-refractivity contribution in [2.45, 2.75) is 0 Å². The summed E-state index contributed by atoms with van der Waals surface area (Å²) in [6.07, 6.45) is 2.62. The van der Waals surface area contributed by atoms with Gasteiger partial charge in [-0.1, -0.05) is 18.2 Å². The third-order valence-corrected chi connectivity index (χ3v) is 3.75. The van der Waals surface area contributed by atoms with Gasteiger partial charge >= 0.3 is 5.97 Å². The third-order valence-electron chi connectivity index (χ3n) is 3.75. The Kier molecular flexibility index (Phi) is 6.11. The second-order valence-corrected chi connectivity index (χ2v) is 5.69. The molecule has 9 heteroatoms. The molecule has 1 heterocycles. The van der Waals surface area contributed by atoms with E-state index in [0.717, 1.165) is 6.20 Å². The third kappa shape index (κ3) is 5.13. The topological polar surface area (TPSA) is 116 Å². The molecule has 0 saturated carbocycles. The predicted molar refractivity (Wildman–Crippen MR) is 107 cm³/mol. The Labute approximate surface area is 165 Å². The van der Waals surface area contributed by atoms with Gasteiger partial charge in [-0.2, -0.15) is 5.10 Å². The Balaban J connectivity index is 1.71. The number of aromatic nitrogens is 1. The lowest BCUT2D eigenvalue weighted by atomic mass is 10.2. The Morgan fingerprint density at radius 1 is 1.14 bits per heavy atom. The molecule has 1 aromatic heterocycles. The van der Waals surface area contributed by atoms with E-state index in [9.17, 15) is 14.9 Å². The van der Waals surface area contributed by atoms with Gasteiger partial charge in [-0.15, -0.1) is 0 Å². The smallest absolute Gasteiger partial charge is 0.343 e. The molecule has 0 aliphatic heterocycles. The van der Waals surface area contributed by atoms with Crippen LogP contribution < -0.4 is 14.9 Å². The predicted octanol–water partition coefficient (Wildman–Crippen LogP) is 3.66. The normalized spacial score (nSPS) is 10.5. The molecule has 0 spiro atoms. The highest BCUT2D eigenvalue weighted by molar-refractivity contribution is 5.91. The van der Waals surface area contributed by atoms with Gasteiger partial charge in [0.15, 0.2) is 11.5 Å². The number of hydrazone groups is 1. The fraction of sp³-hybridized carbons (Fsp3) is 0.0500. The van der Waals surface area contributed by atoms with Gasteiger partial charge in [-0.25, -0.2) is 9.78 Å². The summed E-state index contributed by atoms with van der Waals surface area (Å²) in [6, 6.07) is 16.4. The van der Waals surface area contributed by atoms with Gasteiger partial charge in [0.05, 0.1) is 23.8 Å². The molecule has 0 aliphatic rings. The van der Waals surface area contributed by atoms with Gasteiger partial charge in [0.1, 0.15) is 12.0 Å². The number of ether oxygens (including phenoxy) is 2. The Bertz CT molecular complexity index is 1040. The lowest BCUT2D eigenvalue weighted by Crippen LogP contribution is -2.09. The van der Waals surface area contributed by atoms with Crippen molar-refractivity contribution < 1.29 is 19.2 Å². The molecule has 0 unspecified atom stereocenters. The summed E-state index contributed by atoms with van der Waals surface area (Å²) >= 11 is 0. The van der Waals surface area contributed by atoms with Crippen LogP contribution in [0.5, 0.6) is 11.5 Å². The van der Waals surface area contributed by atoms with Crippen molar-refractivity contribution in [1.82, 2.24) is 4.98 Å². The summed E-state index contributed by atoms with van der Waals surface area (Å²) in [5.41, 5.74) is 3.61. The minimum atomic E-state index is -0.532. The van der Waals surface area contributed by atoms with Crippen molar-refractivity contribution in [3.8, 4) is 11.5 Å². The van der Waals surface area contributed by atoms with Crippen molar-refractivity contribution >= 4 is 23.7 Å². The van der Waals surface area contributed by atoms with Gasteiger partial charge in [-0.3, -0.25) is 15.5 Å². The minimum absolute atomic E-state index is 0.112. The second kappa shape index (κ2) is 9.09. The first-order valence-corrected chi connectivity index (χ1v) is 8.41. The van der Waals surface area contributed by atoms with Crippen LogP contribution in [-0.2, 0) is 0 Å². The highest BCUT2D eigenvalue weighted by atomic mass is 16.6. The number of hydrogen-bond donors (Lipinski definition) is 1. The van der Waals surface area contributed by atoms with Crippen LogP contribution in [-0.4, -0.2) is 29.2 Å². The first-order chi connectivity index (χ1) is 14.1. The van der Waals surface area contributed by atoms with Crippen LogP contribution in [0.25, 0.3) is 0 Å². The number of nitrogens with one attached hydrogen (secondary N) is 1. The molecule has 0 amide bonds. The van der Waals surface area contributed by atoms with E-state index in [4.69, 9.17) is 9.47 Å². The Morgan fingerprint density at radius 2 is 1.93 bits per heavy atom. The molecule has 0 atom stereocenters. The van der Waals surface area contributed by atoms with Gasteiger partial charge in [0.25, 0.3) is 5.69 Å². The summed E-state index contributed by atoms with van der Waals surface area (Å²) in [7, 11) is 1.48. The van der Waals surface area contributed by atoms with Crippen molar-refractivity contribution in [2.75, 3.05) is 12.5 Å². The molecule has 0 radical (unpaired) electrons. The molecule has 0 saturated heterocycles. The average molecular weight is 392 g/mol. The van der Waals surface area contributed by atoms with Crippen molar-refractivity contribution in [3.63, 3.8) is 0 Å². The molecule has 146 valence electrons. The van der Waals surface area contributed by atoms with Gasteiger partial charge in [-0.05, 0) is 42.0 Å². The van der Waals surface area contributed by atoms with E-state index in [0.29, 0.717) is 22.7 Å². The minimum Gasteiger partial charge on any atom is -0.493 e. The number of carbonyl (C=O) groups excluding carboxylic acids is 1. The number of rotatable bonds is 7. The van der Waals surface area contributed by atoms with Crippen LogP contribution in [0.4, 0.5) is 11.5 Å². The van der Waals surface area contributed by atoms with E-state index in [1.54, 1.807) is 48.5 Å². The summed E-state index contributed by atoms with van der Waals surface area (Å²) in [5, 5.41) is 14.7. The van der Waals surface area contributed by atoms with Crippen LogP contribution in [0, 0.1) is 10.1 Å². The highest BCUT2D eigenvalue weighted by Crippen LogP contribution is 2.28. The van der Waals surface area contributed by atoms with Gasteiger partial charge in [0.2, 0.25) is 0 Å². The molecule has 0 aliphatic carbocycles. The molecule has 0 fully saturated rings. The van der Waals surface area contributed by atoms with Crippen molar-refractivity contribution in [2.24, 2.45) is 5.10 Å². The molecular weight excluding hydrogens is 376 g/mol. The molecule has 9 nitrogen and oxygen atoms in total. The second-order valence-electron chi connectivity index (χ2n) is 5.69. The van der Waals surface area contributed by atoms with Gasteiger partial charge < -0.3 is 9.47 Å². The molecule has 1 N–H and O–H groups in total. The number of pyridine rings is 1. The maximum atomic E-state index is 12.3. The van der Waals surface area contributed by atoms with E-state index in [2.05, 4.69) is 15.5 Å². The summed E-state index contributed by atoms with van der Waals surface area (Å²) in [6.45, 7) is 0. The van der Waals surface area contributed by atoms with Crippen LogP contribution >= 0.6 is 0 Å². The molecule has 29 heavy (non-hydrogen) atoms. The molecule has 2 aromatic carbocycles. The van der Waals surface area contributed by atoms with Crippen LogP contribution in [0.1, 0.15) is 15.9 Å². The highest BCUT2D eigenvalue weighted by Gasteiger charge is 2.12. The van der Waals surface area contributed by atoms with Crippen molar-refractivity contribution in [3.05, 3.63) is 88.1 Å². The largest absolute Gasteiger partial charge is 0.493 e. The number of benzene rings is 2. The average Bonchev–Trinajstić information content (AvgIpc) is 2.75. The summed E-state index contributed by atoms with van der Waals surface area (Å²) in [4.78, 5) is 26.3. The number of anilines is 1. The van der Waals surface area contributed by atoms with E-state index >= 15 is 0 Å². The number of nitrogens with zero attached hydrogens (tertiary/aromatic N) is 3. The van der Waals surface area contributed by atoms with Crippen LogP contribution in [0.15, 0.2) is 72.0 Å². The molecular formula is C20H16N4O5. The lowest BCUT2D eigenvalue weighted by molar-refractivity contribution is -0.385. The summed E-state index contributed by atoms with van der Waals surface area (Å²) in [5.74, 6) is 0.484. The standard InChI is InChI=1S/C20H16N4O5/c1-28-17-9-7-14(11-18(17)29-20(25)15-5-3-2-4-6-15)12-22-23-19-10-8-16(13-21-19)24(26)27/h2-13H,1H3,(H,21,23)/b22-12-. The number of esters is 1. The number of hydrogen-bond acceptors (Lipinski definition) is 8. The van der Waals surface area contributed by atoms with E-state index < -0.39 is 10.9 Å². The molecule has 3 aromatic rings. The molecule has 3 rings (SSSR count). The monoisotopic (exact) mass is 392 g/mol. The number of methoxy groups -OCH3 is 1. The zero-order chi connectivity index (χ0) is 20.6. The Hall–Kier alpha value is -4.27.